The molecule has 14 heavy (non-hydrogen) atoms. The van der Waals surface area contributed by atoms with Crippen molar-refractivity contribution in [1.82, 2.24) is 5.32 Å². The summed E-state index contributed by atoms with van der Waals surface area (Å²) in [6, 6.07) is 7.60. The molecule has 0 radical (unpaired) electrons. The predicted molar refractivity (Wildman–Crippen MR) is 57.4 cm³/mol. The molecule has 1 aliphatic heterocycles. The first-order chi connectivity index (χ1) is 6.77. The van der Waals surface area contributed by atoms with E-state index in [1.165, 1.54) is 0 Å². The maximum atomic E-state index is 10.0. The van der Waals surface area contributed by atoms with Crippen molar-refractivity contribution in [2.24, 2.45) is 0 Å². The van der Waals surface area contributed by atoms with Crippen LogP contribution in [0.15, 0.2) is 24.3 Å². The highest BCUT2D eigenvalue weighted by Gasteiger charge is 2.23. The summed E-state index contributed by atoms with van der Waals surface area (Å²) >= 11 is 5.78. The molecule has 2 rings (SSSR count). The van der Waals surface area contributed by atoms with E-state index in [-0.39, 0.29) is 6.04 Å². The third-order valence-electron chi connectivity index (χ3n) is 2.69. The van der Waals surface area contributed by atoms with Gasteiger partial charge in [-0.3, -0.25) is 0 Å². The molecular formula is C11H14ClNO. The number of nitrogens with one attached hydrogen (secondary N) is 1. The molecule has 0 bridgehead atoms. The Morgan fingerprint density at radius 2 is 2.07 bits per heavy atom. The van der Waals surface area contributed by atoms with Crippen molar-refractivity contribution in [3.63, 3.8) is 0 Å². The number of aliphatic hydroxyl groups is 1. The fourth-order valence-electron chi connectivity index (χ4n) is 1.87. The summed E-state index contributed by atoms with van der Waals surface area (Å²) in [6.45, 7) is 1.01. The monoisotopic (exact) mass is 211 g/mol. The van der Waals surface area contributed by atoms with Gasteiger partial charge in [-0.1, -0.05) is 23.7 Å². The Balaban J connectivity index is 2.09. The van der Waals surface area contributed by atoms with Gasteiger partial charge in [0, 0.05) is 11.1 Å². The highest BCUT2D eigenvalue weighted by atomic mass is 35.5. The Kier molecular flexibility index (Phi) is 3.06. The number of hydrogen-bond acceptors (Lipinski definition) is 2. The van der Waals surface area contributed by atoms with E-state index in [1.54, 1.807) is 0 Å². The van der Waals surface area contributed by atoms with Gasteiger partial charge in [-0.05, 0) is 37.1 Å². The summed E-state index contributed by atoms with van der Waals surface area (Å²) in [4.78, 5) is 0. The maximum Gasteiger partial charge on any atom is 0.0942 e. The summed E-state index contributed by atoms with van der Waals surface area (Å²) in [5.41, 5.74) is 0.939. The van der Waals surface area contributed by atoms with Crippen molar-refractivity contribution in [1.29, 1.82) is 0 Å². The van der Waals surface area contributed by atoms with Crippen molar-refractivity contribution in [2.75, 3.05) is 6.54 Å². The second-order valence-electron chi connectivity index (χ2n) is 3.70. The first-order valence-corrected chi connectivity index (χ1v) is 5.32. The van der Waals surface area contributed by atoms with Crippen LogP contribution in [0.4, 0.5) is 0 Å². The van der Waals surface area contributed by atoms with Crippen LogP contribution in [-0.4, -0.2) is 17.7 Å². The largest absolute Gasteiger partial charge is 0.387 e. The molecule has 2 atom stereocenters. The van der Waals surface area contributed by atoms with E-state index in [9.17, 15) is 5.11 Å². The number of rotatable bonds is 2. The maximum absolute atomic E-state index is 10.0. The van der Waals surface area contributed by atoms with Crippen molar-refractivity contribution in [3.8, 4) is 0 Å². The third-order valence-corrected chi connectivity index (χ3v) is 2.94. The standard InChI is InChI=1S/C11H14ClNO/c12-9-5-3-8(4-6-9)11(14)10-2-1-7-13-10/h3-6,10-11,13-14H,1-2,7H2. The molecule has 76 valence electrons. The topological polar surface area (TPSA) is 32.3 Å². The summed E-state index contributed by atoms with van der Waals surface area (Å²) < 4.78 is 0. The summed E-state index contributed by atoms with van der Waals surface area (Å²) in [5, 5.41) is 14.0. The SMILES string of the molecule is OC(c1ccc(Cl)cc1)C1CCCN1. The number of aliphatic hydroxyl groups excluding tert-OH is 1. The Hall–Kier alpha value is -0.570. The normalized spacial score (nSPS) is 23.7. The molecule has 1 aromatic carbocycles. The molecule has 2 nitrogen and oxygen atoms in total. The van der Waals surface area contributed by atoms with Gasteiger partial charge < -0.3 is 10.4 Å². The first kappa shape index (κ1) is 9.97. The quantitative estimate of drug-likeness (QED) is 0.786. The Morgan fingerprint density at radius 1 is 1.36 bits per heavy atom. The fourth-order valence-corrected chi connectivity index (χ4v) is 2.00. The van der Waals surface area contributed by atoms with E-state index in [2.05, 4.69) is 5.32 Å². The van der Waals surface area contributed by atoms with Crippen LogP contribution in [0.25, 0.3) is 0 Å². The zero-order chi connectivity index (χ0) is 9.97. The van der Waals surface area contributed by atoms with Crippen molar-refractivity contribution >= 4 is 11.6 Å². The van der Waals surface area contributed by atoms with E-state index in [0.29, 0.717) is 5.02 Å². The van der Waals surface area contributed by atoms with Gasteiger partial charge in [0.1, 0.15) is 0 Å². The number of hydrogen-bond donors (Lipinski definition) is 2. The molecule has 1 aliphatic rings. The molecule has 0 amide bonds. The molecular weight excluding hydrogens is 198 g/mol. The van der Waals surface area contributed by atoms with Crippen molar-refractivity contribution in [3.05, 3.63) is 34.9 Å². The number of benzene rings is 1. The van der Waals surface area contributed by atoms with Gasteiger partial charge >= 0.3 is 0 Å². The average Bonchev–Trinajstić information content (AvgIpc) is 2.71. The Bertz CT molecular complexity index is 293. The molecule has 1 heterocycles. The minimum absolute atomic E-state index is 0.205. The van der Waals surface area contributed by atoms with E-state index >= 15 is 0 Å². The second-order valence-corrected chi connectivity index (χ2v) is 4.14. The van der Waals surface area contributed by atoms with Crippen LogP contribution in [0.5, 0.6) is 0 Å². The molecule has 3 heteroatoms. The molecule has 0 saturated carbocycles. The number of halogens is 1. The van der Waals surface area contributed by atoms with Gasteiger partial charge in [-0.15, -0.1) is 0 Å². The average molecular weight is 212 g/mol. The highest BCUT2D eigenvalue weighted by molar-refractivity contribution is 6.30. The lowest BCUT2D eigenvalue weighted by Crippen LogP contribution is -2.28. The first-order valence-electron chi connectivity index (χ1n) is 4.94. The molecule has 1 fully saturated rings. The van der Waals surface area contributed by atoms with Crippen LogP contribution in [0, 0.1) is 0 Å². The summed E-state index contributed by atoms with van der Waals surface area (Å²) in [5.74, 6) is 0. The highest BCUT2D eigenvalue weighted by Crippen LogP contribution is 2.23. The molecule has 0 aromatic heterocycles. The minimum atomic E-state index is -0.408. The lowest BCUT2D eigenvalue weighted by molar-refractivity contribution is 0.137. The smallest absolute Gasteiger partial charge is 0.0942 e. The van der Waals surface area contributed by atoms with Gasteiger partial charge in [-0.25, -0.2) is 0 Å². The van der Waals surface area contributed by atoms with Crippen molar-refractivity contribution in [2.45, 2.75) is 25.0 Å². The van der Waals surface area contributed by atoms with Gasteiger partial charge in [0.2, 0.25) is 0 Å². The van der Waals surface area contributed by atoms with E-state index in [0.717, 1.165) is 24.9 Å². The van der Waals surface area contributed by atoms with Crippen LogP contribution >= 0.6 is 11.6 Å². The van der Waals surface area contributed by atoms with E-state index in [4.69, 9.17) is 11.6 Å². The minimum Gasteiger partial charge on any atom is -0.387 e. The molecule has 0 aliphatic carbocycles. The van der Waals surface area contributed by atoms with E-state index < -0.39 is 6.10 Å². The predicted octanol–water partition coefficient (Wildman–Crippen LogP) is 2.13. The fraction of sp³-hybridized carbons (Fsp3) is 0.455. The lowest BCUT2D eigenvalue weighted by Gasteiger charge is -2.18. The zero-order valence-corrected chi connectivity index (χ0v) is 8.67. The van der Waals surface area contributed by atoms with Crippen LogP contribution in [0.2, 0.25) is 5.02 Å². The van der Waals surface area contributed by atoms with Gasteiger partial charge in [0.05, 0.1) is 6.10 Å². The molecule has 1 saturated heterocycles. The summed E-state index contributed by atoms with van der Waals surface area (Å²) in [6.07, 6.45) is 1.79. The third kappa shape index (κ3) is 2.08. The van der Waals surface area contributed by atoms with Crippen LogP contribution in [-0.2, 0) is 0 Å². The summed E-state index contributed by atoms with van der Waals surface area (Å²) in [7, 11) is 0. The Labute approximate surface area is 88.9 Å². The zero-order valence-electron chi connectivity index (χ0n) is 7.91. The molecule has 2 N–H and O–H groups in total. The lowest BCUT2D eigenvalue weighted by atomic mass is 10.0. The molecule has 0 spiro atoms. The van der Waals surface area contributed by atoms with Crippen LogP contribution in [0.1, 0.15) is 24.5 Å². The van der Waals surface area contributed by atoms with Gasteiger partial charge in [0.25, 0.3) is 0 Å². The second kappa shape index (κ2) is 4.30. The van der Waals surface area contributed by atoms with E-state index in [1.807, 2.05) is 24.3 Å². The van der Waals surface area contributed by atoms with Gasteiger partial charge in [0.15, 0.2) is 0 Å². The van der Waals surface area contributed by atoms with Crippen LogP contribution in [0.3, 0.4) is 0 Å². The molecule has 2 unspecified atom stereocenters. The van der Waals surface area contributed by atoms with Crippen molar-refractivity contribution < 1.29 is 5.11 Å². The van der Waals surface area contributed by atoms with Crippen LogP contribution < -0.4 is 5.32 Å². The Morgan fingerprint density at radius 3 is 2.64 bits per heavy atom. The molecule has 1 aromatic rings. The van der Waals surface area contributed by atoms with Gasteiger partial charge in [-0.2, -0.15) is 0 Å².